The molecular weight excluding hydrogens is 310 g/mol. The van der Waals surface area contributed by atoms with Crippen LogP contribution >= 0.6 is 0 Å². The topological polar surface area (TPSA) is 91.3 Å². The van der Waals surface area contributed by atoms with Crippen LogP contribution in [0.25, 0.3) is 0 Å². The Bertz CT molecular complexity index is 828. The van der Waals surface area contributed by atoms with Crippen molar-refractivity contribution in [3.05, 3.63) is 26.4 Å². The van der Waals surface area contributed by atoms with Gasteiger partial charge in [-0.15, -0.1) is 0 Å². The Morgan fingerprint density at radius 1 is 1.08 bits per heavy atom. The number of hydrogen-bond donors (Lipinski definition) is 0. The second kappa shape index (κ2) is 6.15. The van der Waals surface area contributed by atoms with Gasteiger partial charge in [-0.05, 0) is 19.3 Å². The van der Waals surface area contributed by atoms with E-state index < -0.39 is 11.2 Å². The molecule has 0 unspecified atom stereocenters. The maximum atomic E-state index is 12.2. The second-order valence-corrected chi connectivity index (χ2v) is 6.46. The van der Waals surface area contributed by atoms with Crippen LogP contribution in [0.1, 0.15) is 24.8 Å². The molecule has 8 nitrogen and oxygen atoms in total. The maximum Gasteiger partial charge on any atom is 0.332 e. The number of hydrogen-bond acceptors (Lipinski definition) is 5. The van der Waals surface area contributed by atoms with Crippen molar-refractivity contribution in [1.82, 2.24) is 14.0 Å². The van der Waals surface area contributed by atoms with Crippen LogP contribution < -0.4 is 16.1 Å². The van der Waals surface area contributed by atoms with E-state index in [-0.39, 0.29) is 17.4 Å². The lowest BCUT2D eigenvalue weighted by molar-refractivity contribution is -0.132. The standard InChI is InChI=1S/C16H21N5O3/c1-18-13(12(10-17)15(23)19(2)16(18)24)20-6-3-7-21(9-8-20)14(22)11-4-5-11/h11H,3-9H2,1-2H3. The van der Waals surface area contributed by atoms with Crippen LogP contribution in [0.3, 0.4) is 0 Å². The fraction of sp³-hybridized carbons (Fsp3) is 0.625. The quantitative estimate of drug-likeness (QED) is 0.722. The summed E-state index contributed by atoms with van der Waals surface area (Å²) in [6.07, 6.45) is 2.69. The van der Waals surface area contributed by atoms with Gasteiger partial charge in [0.15, 0.2) is 5.56 Å². The molecule has 3 rings (SSSR count). The summed E-state index contributed by atoms with van der Waals surface area (Å²) in [7, 11) is 2.93. The van der Waals surface area contributed by atoms with Crippen molar-refractivity contribution in [2.24, 2.45) is 20.0 Å². The summed E-state index contributed by atoms with van der Waals surface area (Å²) in [6, 6.07) is 1.94. The summed E-state index contributed by atoms with van der Waals surface area (Å²) in [4.78, 5) is 40.4. The molecule has 2 aliphatic rings. The van der Waals surface area contributed by atoms with Crippen molar-refractivity contribution in [3.8, 4) is 6.07 Å². The molecule has 1 aromatic heterocycles. The Balaban J connectivity index is 1.92. The SMILES string of the molecule is Cn1c(N2CCCN(C(=O)C3CC3)CC2)c(C#N)c(=O)n(C)c1=O. The van der Waals surface area contributed by atoms with Gasteiger partial charge >= 0.3 is 5.69 Å². The molecule has 0 N–H and O–H groups in total. The van der Waals surface area contributed by atoms with Gasteiger partial charge in [0.25, 0.3) is 5.56 Å². The predicted molar refractivity (Wildman–Crippen MR) is 87.8 cm³/mol. The van der Waals surface area contributed by atoms with Crippen LogP contribution in [0.4, 0.5) is 5.82 Å². The van der Waals surface area contributed by atoms with Gasteiger partial charge in [0.05, 0.1) is 0 Å². The van der Waals surface area contributed by atoms with Gasteiger partial charge in [0.2, 0.25) is 5.91 Å². The van der Waals surface area contributed by atoms with Gasteiger partial charge in [-0.25, -0.2) is 4.79 Å². The van der Waals surface area contributed by atoms with Gasteiger partial charge in [-0.1, -0.05) is 0 Å². The molecular formula is C16H21N5O3. The Morgan fingerprint density at radius 3 is 2.42 bits per heavy atom. The molecule has 1 amide bonds. The largest absolute Gasteiger partial charge is 0.355 e. The zero-order valence-corrected chi connectivity index (χ0v) is 14.0. The van der Waals surface area contributed by atoms with Gasteiger partial charge in [0, 0.05) is 46.2 Å². The first kappa shape index (κ1) is 16.3. The first-order chi connectivity index (χ1) is 11.5. The Kier molecular flexibility index (Phi) is 4.18. The molecule has 0 atom stereocenters. The lowest BCUT2D eigenvalue weighted by atomic mass is 10.2. The van der Waals surface area contributed by atoms with E-state index in [1.807, 2.05) is 15.9 Å². The number of amides is 1. The van der Waals surface area contributed by atoms with E-state index in [9.17, 15) is 19.6 Å². The summed E-state index contributed by atoms with van der Waals surface area (Å²) < 4.78 is 2.29. The molecule has 1 saturated carbocycles. The maximum absolute atomic E-state index is 12.2. The molecule has 128 valence electrons. The highest BCUT2D eigenvalue weighted by Gasteiger charge is 2.34. The first-order valence-corrected chi connectivity index (χ1v) is 8.19. The van der Waals surface area contributed by atoms with Crippen LogP contribution in [-0.2, 0) is 18.9 Å². The molecule has 1 aromatic rings. The summed E-state index contributed by atoms with van der Waals surface area (Å²) in [5, 5.41) is 9.39. The zero-order chi connectivity index (χ0) is 17.4. The minimum Gasteiger partial charge on any atom is -0.355 e. The monoisotopic (exact) mass is 331 g/mol. The fourth-order valence-corrected chi connectivity index (χ4v) is 3.24. The third-order valence-electron chi connectivity index (χ3n) is 4.78. The smallest absolute Gasteiger partial charge is 0.332 e. The number of nitrogens with zero attached hydrogens (tertiary/aromatic N) is 5. The number of carbonyl (C=O) groups excluding carboxylic acids is 1. The molecule has 0 bridgehead atoms. The van der Waals surface area contributed by atoms with Gasteiger partial charge in [-0.2, -0.15) is 5.26 Å². The van der Waals surface area contributed by atoms with Crippen LogP contribution in [0, 0.1) is 17.2 Å². The Labute approximate surface area is 139 Å². The van der Waals surface area contributed by atoms with E-state index in [0.29, 0.717) is 32.0 Å². The van der Waals surface area contributed by atoms with E-state index in [1.54, 1.807) is 7.05 Å². The van der Waals surface area contributed by atoms with E-state index in [2.05, 4.69) is 0 Å². The summed E-state index contributed by atoms with van der Waals surface area (Å²) in [6.45, 7) is 2.33. The number of aromatic nitrogens is 2. The van der Waals surface area contributed by atoms with E-state index in [1.165, 1.54) is 11.6 Å². The summed E-state index contributed by atoms with van der Waals surface area (Å²) in [5.41, 5.74) is -1.06. The van der Waals surface area contributed by atoms with Crippen molar-refractivity contribution in [2.75, 3.05) is 31.1 Å². The fourth-order valence-electron chi connectivity index (χ4n) is 3.24. The average molecular weight is 331 g/mol. The zero-order valence-electron chi connectivity index (χ0n) is 14.0. The van der Waals surface area contributed by atoms with Crippen LogP contribution in [-0.4, -0.2) is 46.1 Å². The highest BCUT2D eigenvalue weighted by Crippen LogP contribution is 2.31. The second-order valence-electron chi connectivity index (χ2n) is 6.46. The van der Waals surface area contributed by atoms with Crippen molar-refractivity contribution in [3.63, 3.8) is 0 Å². The molecule has 24 heavy (non-hydrogen) atoms. The molecule has 0 radical (unpaired) electrons. The number of rotatable bonds is 2. The summed E-state index contributed by atoms with van der Waals surface area (Å²) in [5.74, 6) is 0.737. The van der Waals surface area contributed by atoms with E-state index in [4.69, 9.17) is 0 Å². The van der Waals surface area contributed by atoms with Crippen LogP contribution in [0.5, 0.6) is 0 Å². The summed E-state index contributed by atoms with van der Waals surface area (Å²) >= 11 is 0. The van der Waals surface area contributed by atoms with Crippen molar-refractivity contribution < 1.29 is 4.79 Å². The molecule has 1 aliphatic heterocycles. The van der Waals surface area contributed by atoms with Crippen LogP contribution in [0.15, 0.2) is 9.59 Å². The van der Waals surface area contributed by atoms with Gasteiger partial charge in [-0.3, -0.25) is 18.7 Å². The number of anilines is 1. The lowest BCUT2D eigenvalue weighted by Crippen LogP contribution is -2.43. The highest BCUT2D eigenvalue weighted by molar-refractivity contribution is 5.81. The highest BCUT2D eigenvalue weighted by atomic mass is 16.2. The first-order valence-electron chi connectivity index (χ1n) is 8.19. The molecule has 2 fully saturated rings. The van der Waals surface area contributed by atoms with E-state index in [0.717, 1.165) is 23.8 Å². The van der Waals surface area contributed by atoms with Crippen molar-refractivity contribution >= 4 is 11.7 Å². The third kappa shape index (κ3) is 2.70. The minimum absolute atomic E-state index is 0.0263. The molecule has 0 aromatic carbocycles. The molecule has 1 saturated heterocycles. The predicted octanol–water partition coefficient (Wildman–Crippen LogP) is -0.596. The molecule has 2 heterocycles. The normalized spacial score (nSPS) is 18.2. The van der Waals surface area contributed by atoms with Crippen molar-refractivity contribution in [2.45, 2.75) is 19.3 Å². The molecule has 0 spiro atoms. The Hall–Kier alpha value is -2.56. The van der Waals surface area contributed by atoms with Crippen LogP contribution in [0.2, 0.25) is 0 Å². The average Bonchev–Trinajstić information content (AvgIpc) is 3.42. The minimum atomic E-state index is -0.578. The van der Waals surface area contributed by atoms with E-state index >= 15 is 0 Å². The molecule has 8 heteroatoms. The van der Waals surface area contributed by atoms with Gasteiger partial charge < -0.3 is 9.80 Å². The van der Waals surface area contributed by atoms with Crippen molar-refractivity contribution in [1.29, 1.82) is 5.26 Å². The lowest BCUT2D eigenvalue weighted by Gasteiger charge is -2.26. The number of carbonyl (C=O) groups is 1. The number of nitriles is 1. The molecule has 1 aliphatic carbocycles. The third-order valence-corrected chi connectivity index (χ3v) is 4.78. The Morgan fingerprint density at radius 2 is 1.79 bits per heavy atom. The van der Waals surface area contributed by atoms with Gasteiger partial charge in [0.1, 0.15) is 11.9 Å².